The molecule has 0 aromatic carbocycles. The van der Waals surface area contributed by atoms with Crippen molar-refractivity contribution in [2.24, 2.45) is 5.41 Å². The predicted molar refractivity (Wildman–Crippen MR) is 144 cm³/mol. The molecule has 0 spiro atoms. The number of nitrogens with one attached hydrogen (secondary N) is 3. The second-order valence-corrected chi connectivity index (χ2v) is 9.87. The van der Waals surface area contributed by atoms with Crippen LogP contribution < -0.4 is 5.32 Å². The number of aromatic amines is 2. The average Bonchev–Trinajstić information content (AvgIpc) is 3.52. The Kier molecular flexibility index (Phi) is 5.26. The largest absolute Gasteiger partial charge is 0.338 e. The van der Waals surface area contributed by atoms with Crippen LogP contribution in [0.4, 0.5) is 5.69 Å². The summed E-state index contributed by atoms with van der Waals surface area (Å²) in [5.74, 6) is -0.0792. The molecule has 0 radical (unpaired) electrons. The lowest BCUT2D eigenvalue weighted by atomic mass is 9.95. The van der Waals surface area contributed by atoms with Gasteiger partial charge in [0.25, 0.3) is 0 Å². The van der Waals surface area contributed by atoms with Gasteiger partial charge in [-0.2, -0.15) is 5.10 Å². The number of fused-ring (bicyclic) bond motifs is 2. The molecule has 0 aliphatic rings. The van der Waals surface area contributed by atoms with Crippen molar-refractivity contribution in [1.29, 1.82) is 0 Å². The van der Waals surface area contributed by atoms with E-state index in [-0.39, 0.29) is 5.91 Å². The number of anilines is 1. The first-order chi connectivity index (χ1) is 17.9. The lowest BCUT2D eigenvalue weighted by Crippen LogP contribution is -2.27. The molecule has 182 valence electrons. The van der Waals surface area contributed by atoms with Gasteiger partial charge in [0.1, 0.15) is 11.3 Å². The highest BCUT2D eigenvalue weighted by Gasteiger charge is 2.21. The summed E-state index contributed by atoms with van der Waals surface area (Å²) in [7, 11) is 0. The highest BCUT2D eigenvalue weighted by molar-refractivity contribution is 6.00. The topological polar surface area (TPSA) is 125 Å². The molecule has 6 aromatic rings. The summed E-state index contributed by atoms with van der Waals surface area (Å²) in [6.45, 7) is 5.61. The van der Waals surface area contributed by atoms with Crippen molar-refractivity contribution in [1.82, 2.24) is 35.1 Å². The fourth-order valence-electron chi connectivity index (χ4n) is 4.15. The quantitative estimate of drug-likeness (QED) is 0.296. The van der Waals surface area contributed by atoms with Gasteiger partial charge < -0.3 is 10.3 Å². The zero-order chi connectivity index (χ0) is 25.6. The molecule has 6 aromatic heterocycles. The lowest BCUT2D eigenvalue weighted by molar-refractivity contribution is -0.123. The summed E-state index contributed by atoms with van der Waals surface area (Å²) in [5, 5.41) is 12.4. The van der Waals surface area contributed by atoms with Crippen LogP contribution >= 0.6 is 0 Å². The SMILES string of the molecule is CC(C)(C)C(=O)Nc1cncc(-c2cc3c(-c4cc5c(-c6ccccn6)ccnc5[nH]4)n[nH]c3cn2)c1. The number of carbonyl (C=O) groups excluding carboxylic acids is 1. The van der Waals surface area contributed by atoms with Crippen molar-refractivity contribution >= 4 is 33.5 Å². The molecular formula is C28H24N8O. The monoisotopic (exact) mass is 488 g/mol. The van der Waals surface area contributed by atoms with Gasteiger partial charge in [0, 0.05) is 45.9 Å². The normalized spacial score (nSPS) is 11.8. The molecule has 0 atom stereocenters. The Balaban J connectivity index is 1.40. The molecule has 6 heterocycles. The molecule has 0 aliphatic heterocycles. The Morgan fingerprint density at radius 1 is 0.892 bits per heavy atom. The second-order valence-electron chi connectivity index (χ2n) is 9.87. The number of aromatic nitrogens is 7. The van der Waals surface area contributed by atoms with Gasteiger partial charge >= 0.3 is 0 Å². The van der Waals surface area contributed by atoms with E-state index in [1.54, 1.807) is 31.0 Å². The van der Waals surface area contributed by atoms with E-state index < -0.39 is 5.41 Å². The second kappa shape index (κ2) is 8.63. The number of H-pyrrole nitrogens is 2. The van der Waals surface area contributed by atoms with Crippen LogP contribution in [0.3, 0.4) is 0 Å². The Labute approximate surface area is 212 Å². The molecular weight excluding hydrogens is 464 g/mol. The minimum atomic E-state index is -0.510. The number of carbonyl (C=O) groups is 1. The van der Waals surface area contributed by atoms with Crippen LogP contribution in [0.15, 0.2) is 73.4 Å². The van der Waals surface area contributed by atoms with Crippen LogP contribution in [0.2, 0.25) is 0 Å². The van der Waals surface area contributed by atoms with Gasteiger partial charge in [-0.1, -0.05) is 26.8 Å². The van der Waals surface area contributed by atoms with Gasteiger partial charge in [-0.3, -0.25) is 24.8 Å². The van der Waals surface area contributed by atoms with E-state index in [4.69, 9.17) is 0 Å². The first-order valence-electron chi connectivity index (χ1n) is 11.9. The van der Waals surface area contributed by atoms with Crippen molar-refractivity contribution < 1.29 is 4.79 Å². The van der Waals surface area contributed by atoms with Crippen molar-refractivity contribution in [3.63, 3.8) is 0 Å². The van der Waals surface area contributed by atoms with Crippen LogP contribution in [0, 0.1) is 5.41 Å². The summed E-state index contributed by atoms with van der Waals surface area (Å²) < 4.78 is 0. The Morgan fingerprint density at radius 2 is 1.78 bits per heavy atom. The minimum Gasteiger partial charge on any atom is -0.338 e. The molecule has 0 saturated heterocycles. The van der Waals surface area contributed by atoms with Gasteiger partial charge in [0.15, 0.2) is 0 Å². The fourth-order valence-corrected chi connectivity index (χ4v) is 4.15. The number of hydrogen-bond donors (Lipinski definition) is 3. The lowest BCUT2D eigenvalue weighted by Gasteiger charge is -2.17. The van der Waals surface area contributed by atoms with Crippen molar-refractivity contribution in [2.45, 2.75) is 20.8 Å². The van der Waals surface area contributed by atoms with Crippen LogP contribution in [0.5, 0.6) is 0 Å². The van der Waals surface area contributed by atoms with Gasteiger partial charge in [-0.25, -0.2) is 4.98 Å². The predicted octanol–water partition coefficient (Wildman–Crippen LogP) is 5.61. The van der Waals surface area contributed by atoms with Gasteiger partial charge in [-0.05, 0) is 36.4 Å². The molecule has 0 aliphatic carbocycles. The molecule has 3 N–H and O–H groups in total. The zero-order valence-electron chi connectivity index (χ0n) is 20.6. The molecule has 0 saturated carbocycles. The molecule has 6 rings (SSSR count). The third-order valence-corrected chi connectivity index (χ3v) is 6.15. The summed E-state index contributed by atoms with van der Waals surface area (Å²) in [4.78, 5) is 33.8. The zero-order valence-corrected chi connectivity index (χ0v) is 20.6. The molecule has 0 unspecified atom stereocenters. The van der Waals surface area contributed by atoms with Crippen LogP contribution in [0.25, 0.3) is 55.8 Å². The van der Waals surface area contributed by atoms with Gasteiger partial charge in [0.05, 0.1) is 40.7 Å². The van der Waals surface area contributed by atoms with Gasteiger partial charge in [-0.15, -0.1) is 0 Å². The van der Waals surface area contributed by atoms with E-state index in [0.29, 0.717) is 5.69 Å². The van der Waals surface area contributed by atoms with E-state index >= 15 is 0 Å². The molecule has 9 heteroatoms. The van der Waals surface area contributed by atoms with Crippen LogP contribution in [-0.4, -0.2) is 41.0 Å². The number of nitrogens with zero attached hydrogens (tertiary/aromatic N) is 5. The number of hydrogen-bond acceptors (Lipinski definition) is 6. The standard InChI is InChI=1S/C28H24N8O/c1-28(2,3)27(37)33-17-10-16(13-29-14-17)22-12-20-24(15-32-22)35-36-25(20)23-11-19-18(7-9-31-26(19)34-23)21-6-4-5-8-30-21/h4-15H,1-3H3,(H,31,34)(H,33,37)(H,35,36). The highest BCUT2D eigenvalue weighted by atomic mass is 16.2. The maximum absolute atomic E-state index is 12.4. The summed E-state index contributed by atoms with van der Waals surface area (Å²) in [6.07, 6.45) is 8.67. The highest BCUT2D eigenvalue weighted by Crippen LogP contribution is 2.33. The molecule has 37 heavy (non-hydrogen) atoms. The first-order valence-corrected chi connectivity index (χ1v) is 11.9. The van der Waals surface area contributed by atoms with Crippen molar-refractivity contribution in [3.05, 3.63) is 73.4 Å². The molecule has 9 nitrogen and oxygen atoms in total. The Bertz CT molecular complexity index is 1760. The Morgan fingerprint density at radius 3 is 2.59 bits per heavy atom. The van der Waals surface area contributed by atoms with Crippen molar-refractivity contribution in [2.75, 3.05) is 5.32 Å². The van der Waals surface area contributed by atoms with E-state index in [0.717, 1.165) is 55.8 Å². The number of amides is 1. The summed E-state index contributed by atoms with van der Waals surface area (Å²) >= 11 is 0. The minimum absolute atomic E-state index is 0.0792. The summed E-state index contributed by atoms with van der Waals surface area (Å²) in [5.41, 5.74) is 6.65. The fraction of sp³-hybridized carbons (Fsp3) is 0.143. The smallest absolute Gasteiger partial charge is 0.229 e. The average molecular weight is 489 g/mol. The van der Waals surface area contributed by atoms with E-state index in [1.807, 2.05) is 63.2 Å². The Hall–Kier alpha value is -4.92. The molecule has 0 bridgehead atoms. The third-order valence-electron chi connectivity index (χ3n) is 6.15. The first kappa shape index (κ1) is 22.5. The maximum atomic E-state index is 12.4. The molecule has 1 amide bonds. The number of rotatable bonds is 4. The number of pyridine rings is 4. The van der Waals surface area contributed by atoms with Crippen molar-refractivity contribution in [3.8, 4) is 33.9 Å². The van der Waals surface area contributed by atoms with Crippen LogP contribution in [-0.2, 0) is 4.79 Å². The molecule has 0 fully saturated rings. The van der Waals surface area contributed by atoms with E-state index in [9.17, 15) is 4.79 Å². The summed E-state index contributed by atoms with van der Waals surface area (Å²) in [6, 6.07) is 13.7. The third kappa shape index (κ3) is 4.20. The van der Waals surface area contributed by atoms with E-state index in [1.165, 1.54) is 0 Å². The van der Waals surface area contributed by atoms with Crippen LogP contribution in [0.1, 0.15) is 20.8 Å². The maximum Gasteiger partial charge on any atom is 0.229 e. The van der Waals surface area contributed by atoms with Gasteiger partial charge in [0.2, 0.25) is 5.91 Å². The van der Waals surface area contributed by atoms with E-state index in [2.05, 4.69) is 40.4 Å².